The maximum Gasteiger partial charge on any atom is 0.0720 e. The number of rotatable bonds is 2. The van der Waals surface area contributed by atoms with Crippen molar-refractivity contribution in [2.24, 2.45) is 0 Å². The molecule has 0 N–H and O–H groups in total. The molecule has 0 amide bonds. The lowest BCUT2D eigenvalue weighted by Gasteiger charge is -2.08. The Kier molecular flexibility index (Phi) is 3.86. The molecule has 2 rings (SSSR count). The van der Waals surface area contributed by atoms with E-state index in [4.69, 9.17) is 28.5 Å². The molecule has 2 nitrogen and oxygen atoms in total. The number of benzene rings is 1. The van der Waals surface area contributed by atoms with Crippen molar-refractivity contribution < 1.29 is 0 Å². The Morgan fingerprint density at radius 3 is 2.83 bits per heavy atom. The highest BCUT2D eigenvalue weighted by atomic mass is 35.5. The smallest absolute Gasteiger partial charge is 0.0720 e. The lowest BCUT2D eigenvalue weighted by atomic mass is 10.0. The van der Waals surface area contributed by atoms with Crippen molar-refractivity contribution in [1.29, 1.82) is 5.26 Å². The first-order chi connectivity index (χ1) is 8.63. The zero-order valence-electron chi connectivity index (χ0n) is 9.74. The maximum absolute atomic E-state index is 8.79. The summed E-state index contributed by atoms with van der Waals surface area (Å²) in [6, 6.07) is 9.45. The fraction of sp³-hybridized carbons (Fsp3) is 0.143. The average molecular weight is 277 g/mol. The Bertz CT molecular complexity index is 630. The second kappa shape index (κ2) is 5.39. The Labute approximate surface area is 116 Å². The number of hydrogen-bond donors (Lipinski definition) is 0. The zero-order valence-corrected chi connectivity index (χ0v) is 11.3. The van der Waals surface area contributed by atoms with Crippen LogP contribution in [0.5, 0.6) is 0 Å². The van der Waals surface area contributed by atoms with E-state index < -0.39 is 0 Å². The first kappa shape index (κ1) is 12.9. The van der Waals surface area contributed by atoms with E-state index in [-0.39, 0.29) is 0 Å². The minimum absolute atomic E-state index is 0.361. The topological polar surface area (TPSA) is 36.7 Å². The highest BCUT2D eigenvalue weighted by molar-refractivity contribution is 6.43. The summed E-state index contributed by atoms with van der Waals surface area (Å²) in [4.78, 5) is 4.34. The van der Waals surface area contributed by atoms with Gasteiger partial charge in [0.15, 0.2) is 0 Å². The summed E-state index contributed by atoms with van der Waals surface area (Å²) in [5.41, 5.74) is 3.47. The molecule has 4 heteroatoms. The highest BCUT2D eigenvalue weighted by Crippen LogP contribution is 2.32. The molecule has 1 aromatic carbocycles. The number of hydrogen-bond acceptors (Lipinski definition) is 2. The van der Waals surface area contributed by atoms with E-state index in [1.165, 1.54) is 0 Å². The number of aryl methyl sites for hydroxylation is 1. The van der Waals surface area contributed by atoms with Crippen LogP contribution in [0.3, 0.4) is 0 Å². The van der Waals surface area contributed by atoms with Crippen LogP contribution < -0.4 is 0 Å². The summed E-state index contributed by atoms with van der Waals surface area (Å²) in [5.74, 6) is 0. The first-order valence-electron chi connectivity index (χ1n) is 5.40. The van der Waals surface area contributed by atoms with Gasteiger partial charge in [-0.2, -0.15) is 5.26 Å². The van der Waals surface area contributed by atoms with Crippen molar-refractivity contribution in [2.75, 3.05) is 0 Å². The van der Waals surface area contributed by atoms with Crippen LogP contribution in [0.25, 0.3) is 11.3 Å². The largest absolute Gasteiger partial charge is 0.256 e. The number of aromatic nitrogens is 1. The molecule has 0 bridgehead atoms. The first-order valence-corrected chi connectivity index (χ1v) is 6.16. The van der Waals surface area contributed by atoms with Gasteiger partial charge in [-0.15, -0.1) is 0 Å². The molecular formula is C14H10Cl2N2. The van der Waals surface area contributed by atoms with Gasteiger partial charge < -0.3 is 0 Å². The molecule has 2 aromatic rings. The van der Waals surface area contributed by atoms with Crippen molar-refractivity contribution in [2.45, 2.75) is 13.3 Å². The average Bonchev–Trinajstić information content (AvgIpc) is 2.36. The van der Waals surface area contributed by atoms with Crippen LogP contribution in [0.4, 0.5) is 0 Å². The minimum atomic E-state index is 0.361. The quantitative estimate of drug-likeness (QED) is 0.814. The van der Waals surface area contributed by atoms with Gasteiger partial charge in [0.1, 0.15) is 0 Å². The monoisotopic (exact) mass is 276 g/mol. The van der Waals surface area contributed by atoms with E-state index in [2.05, 4.69) is 11.1 Å². The summed E-state index contributed by atoms with van der Waals surface area (Å²) in [6.45, 7) is 1.93. The summed E-state index contributed by atoms with van der Waals surface area (Å²) in [7, 11) is 0. The predicted molar refractivity (Wildman–Crippen MR) is 73.7 cm³/mol. The van der Waals surface area contributed by atoms with E-state index in [9.17, 15) is 0 Å². The third-order valence-electron chi connectivity index (χ3n) is 2.71. The molecule has 90 valence electrons. The molecule has 0 fully saturated rings. The van der Waals surface area contributed by atoms with Crippen LogP contribution in [0.1, 0.15) is 11.1 Å². The molecule has 0 aliphatic carbocycles. The summed E-state index contributed by atoms with van der Waals surface area (Å²) >= 11 is 12.1. The van der Waals surface area contributed by atoms with Gasteiger partial charge in [0.05, 0.1) is 28.2 Å². The van der Waals surface area contributed by atoms with Gasteiger partial charge in [-0.25, -0.2) is 0 Å². The second-order valence-electron chi connectivity index (χ2n) is 3.93. The van der Waals surface area contributed by atoms with E-state index >= 15 is 0 Å². The normalized spacial score (nSPS) is 10.1. The molecule has 0 aliphatic heterocycles. The van der Waals surface area contributed by atoms with Crippen LogP contribution >= 0.6 is 23.2 Å². The van der Waals surface area contributed by atoms with E-state index in [1.54, 1.807) is 12.3 Å². The molecule has 1 heterocycles. The van der Waals surface area contributed by atoms with Gasteiger partial charge in [-0.05, 0) is 30.2 Å². The standard InChI is InChI=1S/C14H10Cl2N2/c1-9-8-18-13(7-10(9)5-6-17)11-3-2-4-12(15)14(11)16/h2-4,7-8H,5H2,1H3. The van der Waals surface area contributed by atoms with Crippen LogP contribution in [0.2, 0.25) is 10.0 Å². The zero-order chi connectivity index (χ0) is 13.1. The second-order valence-corrected chi connectivity index (χ2v) is 4.72. The Hall–Kier alpha value is -1.56. The summed E-state index contributed by atoms with van der Waals surface area (Å²) in [6.07, 6.45) is 2.11. The summed E-state index contributed by atoms with van der Waals surface area (Å²) < 4.78 is 0. The molecule has 0 unspecified atom stereocenters. The molecule has 0 saturated heterocycles. The molecule has 1 aromatic heterocycles. The minimum Gasteiger partial charge on any atom is -0.256 e. The van der Waals surface area contributed by atoms with Crippen molar-refractivity contribution in [3.8, 4) is 17.3 Å². The Morgan fingerprint density at radius 2 is 2.11 bits per heavy atom. The van der Waals surface area contributed by atoms with Gasteiger partial charge in [-0.3, -0.25) is 4.98 Å². The van der Waals surface area contributed by atoms with Gasteiger partial charge in [0.25, 0.3) is 0 Å². The number of halogens is 2. The third kappa shape index (κ3) is 2.48. The lowest BCUT2D eigenvalue weighted by molar-refractivity contribution is 1.16. The molecular weight excluding hydrogens is 267 g/mol. The number of nitrogens with zero attached hydrogens (tertiary/aromatic N) is 2. The van der Waals surface area contributed by atoms with Crippen LogP contribution in [0, 0.1) is 18.3 Å². The maximum atomic E-state index is 8.79. The van der Waals surface area contributed by atoms with Crippen LogP contribution in [0.15, 0.2) is 30.5 Å². The molecule has 0 saturated carbocycles. The van der Waals surface area contributed by atoms with E-state index in [0.717, 1.165) is 22.4 Å². The highest BCUT2D eigenvalue weighted by Gasteiger charge is 2.09. The number of pyridine rings is 1. The fourth-order valence-electron chi connectivity index (χ4n) is 1.69. The third-order valence-corrected chi connectivity index (χ3v) is 3.53. The van der Waals surface area contributed by atoms with Gasteiger partial charge >= 0.3 is 0 Å². The van der Waals surface area contributed by atoms with Crippen LogP contribution in [-0.2, 0) is 6.42 Å². The van der Waals surface area contributed by atoms with Crippen molar-refractivity contribution >= 4 is 23.2 Å². The Balaban J connectivity index is 2.55. The molecule has 0 radical (unpaired) electrons. The SMILES string of the molecule is Cc1cnc(-c2cccc(Cl)c2Cl)cc1CC#N. The predicted octanol–water partition coefficient (Wildman–Crippen LogP) is 4.43. The van der Waals surface area contributed by atoms with Crippen molar-refractivity contribution in [3.05, 3.63) is 51.6 Å². The van der Waals surface area contributed by atoms with Gasteiger partial charge in [0.2, 0.25) is 0 Å². The van der Waals surface area contributed by atoms with Gasteiger partial charge in [0, 0.05) is 11.8 Å². The fourth-order valence-corrected chi connectivity index (χ4v) is 2.09. The van der Waals surface area contributed by atoms with Crippen LogP contribution in [-0.4, -0.2) is 4.98 Å². The summed E-state index contributed by atoms with van der Waals surface area (Å²) in [5, 5.41) is 9.77. The van der Waals surface area contributed by atoms with Crippen molar-refractivity contribution in [1.82, 2.24) is 4.98 Å². The molecule has 18 heavy (non-hydrogen) atoms. The molecule has 0 aliphatic rings. The van der Waals surface area contributed by atoms with E-state index in [1.807, 2.05) is 25.1 Å². The molecule has 0 atom stereocenters. The van der Waals surface area contributed by atoms with E-state index in [0.29, 0.717) is 16.5 Å². The lowest BCUT2D eigenvalue weighted by Crippen LogP contribution is -1.93. The van der Waals surface area contributed by atoms with Gasteiger partial charge in [-0.1, -0.05) is 35.3 Å². The Morgan fingerprint density at radius 1 is 1.33 bits per heavy atom. The molecule has 0 spiro atoms. The number of nitriles is 1. The van der Waals surface area contributed by atoms with Crippen molar-refractivity contribution in [3.63, 3.8) is 0 Å².